The Kier molecular flexibility index (Phi) is 7.35. The monoisotopic (exact) mass is 373 g/mol. The largest absolute Gasteiger partial charge is 0.379 e. The van der Waals surface area contributed by atoms with Gasteiger partial charge in [-0.3, -0.25) is 9.89 Å². The van der Waals surface area contributed by atoms with Crippen LogP contribution in [0.25, 0.3) is 0 Å². The first kappa shape index (κ1) is 20.0. The fraction of sp³-hybridized carbons (Fsp3) is 0.667. The van der Waals surface area contributed by atoms with Crippen LogP contribution in [-0.4, -0.2) is 87.4 Å². The highest BCUT2D eigenvalue weighted by Crippen LogP contribution is 2.18. The smallest absolute Gasteiger partial charge is 0.194 e. The molecule has 0 amide bonds. The summed E-state index contributed by atoms with van der Waals surface area (Å²) in [6.07, 6.45) is 1.21. The third-order valence-corrected chi connectivity index (χ3v) is 5.69. The Morgan fingerprint density at radius 3 is 2.70 bits per heavy atom. The number of guanidine groups is 1. The van der Waals surface area contributed by atoms with Crippen molar-refractivity contribution in [1.29, 1.82) is 0 Å². The fourth-order valence-corrected chi connectivity index (χ4v) is 3.86. The van der Waals surface area contributed by atoms with Gasteiger partial charge in [-0.2, -0.15) is 0 Å². The third-order valence-electron chi connectivity index (χ3n) is 5.69. The number of nitrogens with one attached hydrogen (secondary N) is 1. The van der Waals surface area contributed by atoms with Gasteiger partial charge in [-0.25, -0.2) is 0 Å². The lowest BCUT2D eigenvalue weighted by Crippen LogP contribution is -2.47. The van der Waals surface area contributed by atoms with E-state index in [1.165, 1.54) is 12.1 Å². The number of benzene rings is 1. The standard InChI is InChI=1S/C21H35N5O/c1-4-22-21(23-16-18(2)24(3)19-8-6-5-7-9-19)26-11-10-20(17-26)25-12-14-27-15-13-25/h5-9,18,20H,4,10-17H2,1-3H3,(H,22,23). The molecule has 0 radical (unpaired) electrons. The van der Waals surface area contributed by atoms with Crippen molar-refractivity contribution >= 4 is 11.6 Å². The Morgan fingerprint density at radius 1 is 1.26 bits per heavy atom. The number of ether oxygens (including phenoxy) is 1. The summed E-state index contributed by atoms with van der Waals surface area (Å²) < 4.78 is 5.50. The first-order valence-electron chi connectivity index (χ1n) is 10.3. The number of anilines is 1. The topological polar surface area (TPSA) is 43.3 Å². The number of morpholine rings is 1. The summed E-state index contributed by atoms with van der Waals surface area (Å²) in [6.45, 7) is 12.1. The van der Waals surface area contributed by atoms with Crippen LogP contribution in [0.1, 0.15) is 20.3 Å². The summed E-state index contributed by atoms with van der Waals surface area (Å²) in [5.74, 6) is 1.06. The first-order valence-corrected chi connectivity index (χ1v) is 10.3. The predicted molar refractivity (Wildman–Crippen MR) is 113 cm³/mol. The second-order valence-electron chi connectivity index (χ2n) is 7.53. The molecule has 6 heteroatoms. The van der Waals surface area contributed by atoms with Crippen molar-refractivity contribution in [2.75, 3.05) is 64.4 Å². The summed E-state index contributed by atoms with van der Waals surface area (Å²) in [4.78, 5) is 12.3. The van der Waals surface area contributed by atoms with Gasteiger partial charge in [0.25, 0.3) is 0 Å². The second kappa shape index (κ2) is 9.95. The quantitative estimate of drug-likeness (QED) is 0.609. The minimum Gasteiger partial charge on any atom is -0.379 e. The maximum Gasteiger partial charge on any atom is 0.194 e. The van der Waals surface area contributed by atoms with E-state index in [9.17, 15) is 0 Å². The molecule has 2 saturated heterocycles. The summed E-state index contributed by atoms with van der Waals surface area (Å²) in [6, 6.07) is 11.5. The summed E-state index contributed by atoms with van der Waals surface area (Å²) >= 11 is 0. The van der Waals surface area contributed by atoms with Crippen molar-refractivity contribution in [3.8, 4) is 0 Å². The van der Waals surface area contributed by atoms with E-state index in [1.54, 1.807) is 0 Å². The molecule has 2 fully saturated rings. The molecule has 1 N–H and O–H groups in total. The lowest BCUT2D eigenvalue weighted by atomic mass is 10.2. The van der Waals surface area contributed by atoms with Crippen LogP contribution in [0.15, 0.2) is 35.3 Å². The van der Waals surface area contributed by atoms with E-state index in [4.69, 9.17) is 9.73 Å². The van der Waals surface area contributed by atoms with Crippen molar-refractivity contribution in [3.63, 3.8) is 0 Å². The Hall–Kier alpha value is -1.79. The SMILES string of the molecule is CCNC(=NCC(C)N(C)c1ccccc1)N1CCC(N2CCOCC2)C1. The van der Waals surface area contributed by atoms with E-state index in [-0.39, 0.29) is 0 Å². The van der Waals surface area contributed by atoms with Gasteiger partial charge in [0.2, 0.25) is 0 Å². The summed E-state index contributed by atoms with van der Waals surface area (Å²) in [5, 5.41) is 3.50. The molecule has 2 unspecified atom stereocenters. The van der Waals surface area contributed by atoms with Crippen LogP contribution < -0.4 is 10.2 Å². The molecule has 0 aromatic heterocycles. The normalized spacial score (nSPS) is 22.7. The van der Waals surface area contributed by atoms with Crippen LogP contribution in [0.4, 0.5) is 5.69 Å². The Balaban J connectivity index is 1.57. The third kappa shape index (κ3) is 5.36. The molecule has 2 atom stereocenters. The van der Waals surface area contributed by atoms with E-state index in [2.05, 4.69) is 71.2 Å². The number of likely N-dealkylation sites (tertiary alicyclic amines) is 1. The lowest BCUT2D eigenvalue weighted by molar-refractivity contribution is 0.0195. The molecule has 27 heavy (non-hydrogen) atoms. The van der Waals surface area contributed by atoms with Gasteiger partial charge in [-0.05, 0) is 32.4 Å². The number of hydrogen-bond acceptors (Lipinski definition) is 4. The highest BCUT2D eigenvalue weighted by molar-refractivity contribution is 5.80. The van der Waals surface area contributed by atoms with Crippen molar-refractivity contribution < 1.29 is 4.74 Å². The van der Waals surface area contributed by atoms with Crippen molar-refractivity contribution in [2.45, 2.75) is 32.4 Å². The number of aliphatic imine (C=N–C) groups is 1. The average Bonchev–Trinajstić information content (AvgIpc) is 3.21. The van der Waals surface area contributed by atoms with E-state index in [1.807, 2.05) is 0 Å². The maximum absolute atomic E-state index is 5.50. The molecule has 3 rings (SSSR count). The maximum atomic E-state index is 5.50. The molecule has 2 aliphatic rings. The predicted octanol–water partition coefficient (Wildman–Crippen LogP) is 1.88. The first-order chi connectivity index (χ1) is 13.2. The lowest BCUT2D eigenvalue weighted by Gasteiger charge is -2.32. The van der Waals surface area contributed by atoms with Crippen LogP contribution >= 0.6 is 0 Å². The van der Waals surface area contributed by atoms with Gasteiger partial charge in [0.15, 0.2) is 5.96 Å². The number of nitrogens with zero attached hydrogens (tertiary/aromatic N) is 4. The van der Waals surface area contributed by atoms with Gasteiger partial charge in [0.1, 0.15) is 0 Å². The molecule has 0 bridgehead atoms. The molecule has 2 heterocycles. The number of rotatable bonds is 6. The average molecular weight is 374 g/mol. The number of para-hydroxylation sites is 1. The minimum atomic E-state index is 0.346. The molecular formula is C21H35N5O. The molecule has 1 aromatic rings. The van der Waals surface area contributed by atoms with Crippen LogP contribution in [0.5, 0.6) is 0 Å². The Labute approximate surface area is 164 Å². The van der Waals surface area contributed by atoms with Crippen LogP contribution in [0.2, 0.25) is 0 Å². The second-order valence-corrected chi connectivity index (χ2v) is 7.53. The molecule has 6 nitrogen and oxygen atoms in total. The zero-order chi connectivity index (χ0) is 19.1. The van der Waals surface area contributed by atoms with E-state index in [0.29, 0.717) is 12.1 Å². The zero-order valence-corrected chi connectivity index (χ0v) is 17.1. The van der Waals surface area contributed by atoms with E-state index < -0.39 is 0 Å². The van der Waals surface area contributed by atoms with E-state index in [0.717, 1.165) is 58.4 Å². The zero-order valence-electron chi connectivity index (χ0n) is 17.1. The van der Waals surface area contributed by atoms with Crippen molar-refractivity contribution in [2.24, 2.45) is 4.99 Å². The molecule has 0 saturated carbocycles. The van der Waals surface area contributed by atoms with Gasteiger partial charge in [-0.15, -0.1) is 0 Å². The van der Waals surface area contributed by atoms with Crippen LogP contribution in [0.3, 0.4) is 0 Å². The van der Waals surface area contributed by atoms with Gasteiger partial charge < -0.3 is 19.9 Å². The fourth-order valence-electron chi connectivity index (χ4n) is 3.86. The van der Waals surface area contributed by atoms with Crippen LogP contribution in [-0.2, 0) is 4.74 Å². The van der Waals surface area contributed by atoms with Crippen LogP contribution in [0, 0.1) is 0 Å². The molecule has 1 aromatic carbocycles. The summed E-state index contributed by atoms with van der Waals surface area (Å²) in [5.41, 5.74) is 1.23. The van der Waals surface area contributed by atoms with Gasteiger partial charge in [0.05, 0.1) is 19.8 Å². The van der Waals surface area contributed by atoms with Gasteiger partial charge >= 0.3 is 0 Å². The van der Waals surface area contributed by atoms with Crippen molar-refractivity contribution in [3.05, 3.63) is 30.3 Å². The Morgan fingerprint density at radius 2 is 2.00 bits per heavy atom. The molecular weight excluding hydrogens is 338 g/mol. The number of likely N-dealkylation sites (N-methyl/N-ethyl adjacent to an activating group) is 1. The van der Waals surface area contributed by atoms with Gasteiger partial charge in [0, 0.05) is 57.5 Å². The van der Waals surface area contributed by atoms with Gasteiger partial charge in [-0.1, -0.05) is 18.2 Å². The van der Waals surface area contributed by atoms with E-state index >= 15 is 0 Å². The Bertz CT molecular complexity index is 587. The molecule has 0 aliphatic carbocycles. The highest BCUT2D eigenvalue weighted by Gasteiger charge is 2.30. The minimum absolute atomic E-state index is 0.346. The molecule has 150 valence electrons. The highest BCUT2D eigenvalue weighted by atomic mass is 16.5. The van der Waals surface area contributed by atoms with Crippen molar-refractivity contribution in [1.82, 2.24) is 15.1 Å². The summed E-state index contributed by atoms with van der Waals surface area (Å²) in [7, 11) is 2.15. The number of hydrogen-bond donors (Lipinski definition) is 1. The molecule has 2 aliphatic heterocycles. The molecule has 0 spiro atoms.